The molecule has 1 aromatic rings. The van der Waals surface area contributed by atoms with Crippen LogP contribution in [0.15, 0.2) is 6.20 Å². The van der Waals surface area contributed by atoms with Crippen LogP contribution in [0.25, 0.3) is 0 Å². The van der Waals surface area contributed by atoms with Gasteiger partial charge >= 0.3 is 5.97 Å². The van der Waals surface area contributed by atoms with Crippen molar-refractivity contribution in [1.29, 1.82) is 0 Å². The first kappa shape index (κ1) is 13.4. The second kappa shape index (κ2) is 5.76. The van der Waals surface area contributed by atoms with Crippen LogP contribution in [0.4, 0.5) is 0 Å². The maximum Gasteiger partial charge on any atom is 0.325 e. The Kier molecular flexibility index (Phi) is 4.07. The minimum Gasteiger partial charge on any atom is -0.480 e. The van der Waals surface area contributed by atoms with Crippen LogP contribution in [0, 0.1) is 0 Å². The number of aliphatic carboxylic acids is 1. The highest BCUT2D eigenvalue weighted by atomic mass is 16.4. The summed E-state index contributed by atoms with van der Waals surface area (Å²) in [7, 11) is 2.02. The van der Waals surface area contributed by atoms with Gasteiger partial charge in [0.15, 0.2) is 5.69 Å². The van der Waals surface area contributed by atoms with Crippen molar-refractivity contribution in [3.63, 3.8) is 0 Å². The summed E-state index contributed by atoms with van der Waals surface area (Å²) >= 11 is 0. The molecule has 0 aromatic carbocycles. The molecule has 2 rings (SSSR count). The highest BCUT2D eigenvalue weighted by molar-refractivity contribution is 5.91. The summed E-state index contributed by atoms with van der Waals surface area (Å²) in [5, 5.41) is 17.6. The second-order valence-electron chi connectivity index (χ2n) is 4.43. The number of aromatic nitrogens is 3. The fourth-order valence-corrected chi connectivity index (χ4v) is 1.74. The molecule has 0 saturated carbocycles. The van der Waals surface area contributed by atoms with Crippen LogP contribution in [-0.2, 0) is 11.3 Å². The molecule has 0 radical (unpaired) electrons. The van der Waals surface area contributed by atoms with Gasteiger partial charge in [-0.25, -0.2) is 9.69 Å². The van der Waals surface area contributed by atoms with Crippen LogP contribution < -0.4 is 5.43 Å². The van der Waals surface area contributed by atoms with E-state index in [1.54, 1.807) is 0 Å². The standard InChI is InChI=1S/C10H16N6O3/c1-14-2-4-15(5-3-14)12-10(19)8-6-16(13-11-8)7-9(17)18/h6H,2-5,7H2,1H3,(H,12,19)(H,17,18). The van der Waals surface area contributed by atoms with Crippen molar-refractivity contribution in [2.24, 2.45) is 0 Å². The van der Waals surface area contributed by atoms with Crippen LogP contribution in [0.3, 0.4) is 0 Å². The van der Waals surface area contributed by atoms with Crippen LogP contribution >= 0.6 is 0 Å². The van der Waals surface area contributed by atoms with Gasteiger partial charge in [0.2, 0.25) is 0 Å². The smallest absolute Gasteiger partial charge is 0.325 e. The Morgan fingerprint density at radius 1 is 1.37 bits per heavy atom. The maximum atomic E-state index is 11.9. The lowest BCUT2D eigenvalue weighted by Crippen LogP contribution is -2.52. The number of carbonyl (C=O) groups is 2. The van der Waals surface area contributed by atoms with Gasteiger partial charge in [-0.2, -0.15) is 0 Å². The lowest BCUT2D eigenvalue weighted by atomic mass is 10.4. The van der Waals surface area contributed by atoms with Gasteiger partial charge in [0.05, 0.1) is 6.20 Å². The second-order valence-corrected chi connectivity index (χ2v) is 4.43. The van der Waals surface area contributed by atoms with Crippen molar-refractivity contribution in [2.75, 3.05) is 33.2 Å². The van der Waals surface area contributed by atoms with E-state index in [4.69, 9.17) is 5.11 Å². The fraction of sp³-hybridized carbons (Fsp3) is 0.600. The fourth-order valence-electron chi connectivity index (χ4n) is 1.74. The SMILES string of the molecule is CN1CCN(NC(=O)c2cn(CC(=O)O)nn2)CC1. The largest absolute Gasteiger partial charge is 0.480 e. The first-order valence-corrected chi connectivity index (χ1v) is 5.91. The number of carbonyl (C=O) groups excluding carboxylic acids is 1. The maximum absolute atomic E-state index is 11.9. The van der Waals surface area contributed by atoms with Gasteiger partial charge in [0.1, 0.15) is 6.54 Å². The van der Waals surface area contributed by atoms with Crippen molar-refractivity contribution >= 4 is 11.9 Å². The molecule has 0 aliphatic carbocycles. The van der Waals surface area contributed by atoms with E-state index < -0.39 is 5.97 Å². The van der Waals surface area contributed by atoms with E-state index in [0.29, 0.717) is 0 Å². The molecular weight excluding hydrogens is 252 g/mol. The molecular formula is C10H16N6O3. The number of rotatable bonds is 4. The van der Waals surface area contributed by atoms with Gasteiger partial charge in [-0.3, -0.25) is 15.0 Å². The Balaban J connectivity index is 1.89. The van der Waals surface area contributed by atoms with Crippen molar-refractivity contribution < 1.29 is 14.7 Å². The molecule has 0 bridgehead atoms. The normalized spacial score (nSPS) is 17.3. The Morgan fingerprint density at radius 3 is 2.68 bits per heavy atom. The molecule has 104 valence electrons. The molecule has 2 heterocycles. The van der Waals surface area contributed by atoms with E-state index in [2.05, 4.69) is 20.6 Å². The van der Waals surface area contributed by atoms with Gasteiger partial charge < -0.3 is 10.0 Å². The number of hydrogen-bond donors (Lipinski definition) is 2. The molecule has 1 amide bonds. The zero-order chi connectivity index (χ0) is 13.8. The van der Waals surface area contributed by atoms with E-state index in [1.807, 2.05) is 12.1 Å². The minimum atomic E-state index is -1.03. The first-order chi connectivity index (χ1) is 9.04. The number of likely N-dealkylation sites (N-methyl/N-ethyl adjacent to an activating group) is 1. The number of nitrogens with one attached hydrogen (secondary N) is 1. The molecule has 0 unspecified atom stereocenters. The minimum absolute atomic E-state index is 0.111. The van der Waals surface area contributed by atoms with Crippen LogP contribution in [0.2, 0.25) is 0 Å². The average molecular weight is 268 g/mol. The monoisotopic (exact) mass is 268 g/mol. The molecule has 1 fully saturated rings. The molecule has 1 aliphatic heterocycles. The molecule has 19 heavy (non-hydrogen) atoms. The van der Waals surface area contributed by atoms with Crippen molar-refractivity contribution in [3.8, 4) is 0 Å². The number of carboxylic acids is 1. The molecule has 9 heteroatoms. The summed E-state index contributed by atoms with van der Waals surface area (Å²) in [6.07, 6.45) is 1.32. The molecule has 1 aliphatic rings. The van der Waals surface area contributed by atoms with Gasteiger partial charge in [-0.05, 0) is 7.05 Å². The molecule has 0 spiro atoms. The van der Waals surface area contributed by atoms with E-state index in [1.165, 1.54) is 6.20 Å². The average Bonchev–Trinajstić information content (AvgIpc) is 2.80. The molecule has 0 atom stereocenters. The Bertz CT molecular complexity index is 466. The summed E-state index contributed by atoms with van der Waals surface area (Å²) in [4.78, 5) is 24.5. The number of hydrazine groups is 1. The van der Waals surface area contributed by atoms with Crippen molar-refractivity contribution in [1.82, 2.24) is 30.3 Å². The highest BCUT2D eigenvalue weighted by Gasteiger charge is 2.18. The highest BCUT2D eigenvalue weighted by Crippen LogP contribution is 1.98. The number of hydrogen-bond acceptors (Lipinski definition) is 6. The summed E-state index contributed by atoms with van der Waals surface area (Å²) in [6, 6.07) is 0. The molecule has 1 saturated heterocycles. The van der Waals surface area contributed by atoms with Crippen molar-refractivity contribution in [3.05, 3.63) is 11.9 Å². The van der Waals surface area contributed by atoms with Gasteiger partial charge in [0, 0.05) is 26.2 Å². The zero-order valence-electron chi connectivity index (χ0n) is 10.6. The van der Waals surface area contributed by atoms with Gasteiger partial charge in [0.25, 0.3) is 5.91 Å². The van der Waals surface area contributed by atoms with E-state index in [9.17, 15) is 9.59 Å². The lowest BCUT2D eigenvalue weighted by molar-refractivity contribution is -0.137. The predicted octanol–water partition coefficient (Wildman–Crippen LogP) is -1.75. The Labute approximate surface area is 109 Å². The number of piperazine rings is 1. The number of amides is 1. The third-order valence-electron chi connectivity index (χ3n) is 2.83. The van der Waals surface area contributed by atoms with Crippen LogP contribution in [0.5, 0.6) is 0 Å². The summed E-state index contributed by atoms with van der Waals surface area (Å²) in [5.74, 6) is -1.41. The summed E-state index contributed by atoms with van der Waals surface area (Å²) in [6.45, 7) is 2.93. The predicted molar refractivity (Wildman–Crippen MR) is 64.2 cm³/mol. The summed E-state index contributed by atoms with van der Waals surface area (Å²) < 4.78 is 1.11. The van der Waals surface area contributed by atoms with Crippen LogP contribution in [0.1, 0.15) is 10.5 Å². The third-order valence-corrected chi connectivity index (χ3v) is 2.83. The number of carboxylic acid groups (broad SMARTS) is 1. The molecule has 2 N–H and O–H groups in total. The molecule has 1 aromatic heterocycles. The van der Waals surface area contributed by atoms with E-state index in [-0.39, 0.29) is 18.1 Å². The third kappa shape index (κ3) is 3.73. The van der Waals surface area contributed by atoms with Gasteiger partial charge in [-0.15, -0.1) is 5.10 Å². The molecule has 9 nitrogen and oxygen atoms in total. The summed E-state index contributed by atoms with van der Waals surface area (Å²) in [5.41, 5.74) is 2.84. The lowest BCUT2D eigenvalue weighted by Gasteiger charge is -2.32. The Hall–Kier alpha value is -2.00. The van der Waals surface area contributed by atoms with E-state index in [0.717, 1.165) is 30.9 Å². The van der Waals surface area contributed by atoms with E-state index >= 15 is 0 Å². The first-order valence-electron chi connectivity index (χ1n) is 5.91. The van der Waals surface area contributed by atoms with Crippen molar-refractivity contribution in [2.45, 2.75) is 6.54 Å². The zero-order valence-corrected chi connectivity index (χ0v) is 10.6. The van der Waals surface area contributed by atoms with Crippen LogP contribution in [-0.4, -0.2) is 75.1 Å². The Morgan fingerprint density at radius 2 is 2.05 bits per heavy atom. The quantitative estimate of drug-likeness (QED) is 0.667. The van der Waals surface area contributed by atoms with Gasteiger partial charge in [-0.1, -0.05) is 5.21 Å². The number of nitrogens with zero attached hydrogens (tertiary/aromatic N) is 5. The topological polar surface area (TPSA) is 104 Å².